The van der Waals surface area contributed by atoms with Gasteiger partial charge in [0, 0.05) is 6.54 Å². The van der Waals surface area contributed by atoms with Gasteiger partial charge in [0.25, 0.3) is 0 Å². The summed E-state index contributed by atoms with van der Waals surface area (Å²) in [5.41, 5.74) is 2.78. The third-order valence-corrected chi connectivity index (χ3v) is 3.92. The Balaban J connectivity index is 0.000000311. The van der Waals surface area contributed by atoms with Crippen molar-refractivity contribution in [1.29, 1.82) is 0 Å². The Morgan fingerprint density at radius 2 is 1.48 bits per heavy atom. The van der Waals surface area contributed by atoms with Gasteiger partial charge in [-0.2, -0.15) is 0 Å². The molecule has 2 N–H and O–H groups in total. The van der Waals surface area contributed by atoms with Crippen LogP contribution in [0.4, 0.5) is 4.79 Å². The Labute approximate surface area is 184 Å². The van der Waals surface area contributed by atoms with Gasteiger partial charge in [0.15, 0.2) is 0 Å². The van der Waals surface area contributed by atoms with Crippen molar-refractivity contribution < 1.29 is 28.9 Å². The summed E-state index contributed by atoms with van der Waals surface area (Å²) in [6.07, 6.45) is 0.587. The monoisotopic (exact) mass is 431 g/mol. The number of rotatable bonds is 7. The summed E-state index contributed by atoms with van der Waals surface area (Å²) in [6, 6.07) is 14.8. The first-order valence-corrected chi connectivity index (χ1v) is 10.1. The zero-order chi connectivity index (χ0) is 23.3. The van der Waals surface area contributed by atoms with E-state index in [1.165, 1.54) is 12.7 Å². The van der Waals surface area contributed by atoms with E-state index in [1.54, 1.807) is 24.3 Å². The van der Waals surface area contributed by atoms with Crippen molar-refractivity contribution in [2.24, 2.45) is 0 Å². The molecule has 31 heavy (non-hydrogen) atoms. The molecule has 0 saturated carbocycles. The molecule has 0 aromatic heterocycles. The number of alkyl carbamates (subject to hydrolysis) is 1. The Morgan fingerprint density at radius 3 is 2.00 bits per heavy atom. The van der Waals surface area contributed by atoms with E-state index in [1.807, 2.05) is 32.9 Å². The van der Waals surface area contributed by atoms with Crippen molar-refractivity contribution >= 4 is 12.1 Å². The second kappa shape index (κ2) is 13.3. The number of methoxy groups -OCH3 is 1. The van der Waals surface area contributed by atoms with Gasteiger partial charge in [-0.05, 0) is 56.0 Å². The van der Waals surface area contributed by atoms with Gasteiger partial charge in [-0.1, -0.05) is 43.3 Å². The van der Waals surface area contributed by atoms with Crippen LogP contribution in [0.1, 0.15) is 44.4 Å². The van der Waals surface area contributed by atoms with E-state index in [0.29, 0.717) is 13.2 Å². The predicted molar refractivity (Wildman–Crippen MR) is 119 cm³/mol. The predicted octanol–water partition coefficient (Wildman–Crippen LogP) is 4.36. The minimum atomic E-state index is -0.487. The Kier molecular flexibility index (Phi) is 11.1. The Hall–Kier alpha value is -3.06. The summed E-state index contributed by atoms with van der Waals surface area (Å²) in [6.45, 7) is 8.39. The minimum Gasteiger partial charge on any atom is -0.508 e. The third-order valence-electron chi connectivity index (χ3n) is 3.92. The van der Waals surface area contributed by atoms with Gasteiger partial charge in [0.05, 0.1) is 13.7 Å². The van der Waals surface area contributed by atoms with E-state index in [4.69, 9.17) is 14.6 Å². The Bertz CT molecular complexity index is 794. The lowest BCUT2D eigenvalue weighted by Crippen LogP contribution is -2.32. The second-order valence-corrected chi connectivity index (χ2v) is 7.76. The largest absolute Gasteiger partial charge is 0.508 e. The molecule has 0 heterocycles. The number of amides is 1. The van der Waals surface area contributed by atoms with E-state index in [2.05, 4.69) is 29.1 Å². The fraction of sp³-hybridized carbons (Fsp3) is 0.417. The maximum atomic E-state index is 11.3. The number of nitrogens with one attached hydrogen (secondary N) is 1. The van der Waals surface area contributed by atoms with Crippen molar-refractivity contribution in [3.05, 3.63) is 65.2 Å². The number of phenolic OH excluding ortho intramolecular Hbond substituents is 1. The first-order chi connectivity index (χ1) is 14.6. The van der Waals surface area contributed by atoms with Crippen LogP contribution in [0.25, 0.3) is 0 Å². The fourth-order valence-corrected chi connectivity index (χ4v) is 2.28. The number of ether oxygens (including phenoxy) is 3. The van der Waals surface area contributed by atoms with Crippen LogP contribution in [0.5, 0.6) is 5.75 Å². The fourth-order valence-electron chi connectivity index (χ4n) is 2.28. The highest BCUT2D eigenvalue weighted by Gasteiger charge is 2.15. The molecule has 0 saturated heterocycles. The number of carbonyl (C=O) groups is 2. The average Bonchev–Trinajstić information content (AvgIpc) is 2.73. The van der Waals surface area contributed by atoms with Gasteiger partial charge in [0.2, 0.25) is 0 Å². The highest BCUT2D eigenvalue weighted by molar-refractivity contribution is 5.70. The van der Waals surface area contributed by atoms with Crippen LogP contribution in [0.15, 0.2) is 48.5 Å². The summed E-state index contributed by atoms with van der Waals surface area (Å²) >= 11 is 0. The highest BCUT2D eigenvalue weighted by atomic mass is 16.6. The molecule has 2 rings (SSSR count). The quantitative estimate of drug-likeness (QED) is 0.633. The first-order valence-electron chi connectivity index (χ1n) is 10.1. The Morgan fingerprint density at radius 1 is 0.935 bits per heavy atom. The number of aromatic hydroxyl groups is 1. The normalized spacial score (nSPS) is 10.5. The van der Waals surface area contributed by atoms with Crippen LogP contribution in [0, 0.1) is 0 Å². The van der Waals surface area contributed by atoms with Gasteiger partial charge in [-0.3, -0.25) is 0 Å². The molecule has 1 amide bonds. The van der Waals surface area contributed by atoms with Gasteiger partial charge in [-0.15, -0.1) is 0 Å². The minimum absolute atomic E-state index is 0.00598. The number of phenols is 1. The average molecular weight is 432 g/mol. The maximum Gasteiger partial charge on any atom is 0.407 e. The maximum absolute atomic E-state index is 11.3. The highest BCUT2D eigenvalue weighted by Crippen LogP contribution is 2.10. The van der Waals surface area contributed by atoms with Gasteiger partial charge in [0.1, 0.15) is 18.0 Å². The molecule has 170 valence electrons. The summed E-state index contributed by atoms with van der Waals surface area (Å²) in [5, 5.41) is 11.7. The van der Waals surface area contributed by atoms with Crippen molar-refractivity contribution in [2.75, 3.05) is 13.7 Å². The summed E-state index contributed by atoms with van der Waals surface area (Å²) in [5.74, 6) is -0.138. The van der Waals surface area contributed by atoms with Crippen molar-refractivity contribution in [3.63, 3.8) is 0 Å². The molecule has 0 fully saturated rings. The van der Waals surface area contributed by atoms with Crippen LogP contribution in [-0.4, -0.2) is 36.5 Å². The van der Waals surface area contributed by atoms with E-state index in [-0.39, 0.29) is 18.3 Å². The number of esters is 1. The molecule has 0 unspecified atom stereocenters. The van der Waals surface area contributed by atoms with E-state index >= 15 is 0 Å². The standard InChI is InChI=1S/C12H17NO3.C12H16O3/c1-12(2,3)16-11(15)13-8-9-4-6-10(14)7-5-9;1-3-10-4-6-11(7-5-10)8-15-9-12(13)14-2/h4-7,14H,8H2,1-3H3,(H,13,15);4-7H,3,8-9H2,1-2H3. The van der Waals surface area contributed by atoms with Crippen LogP contribution in [0.2, 0.25) is 0 Å². The number of hydrogen-bond donors (Lipinski definition) is 2. The lowest BCUT2D eigenvalue weighted by Gasteiger charge is -2.19. The van der Waals surface area contributed by atoms with Crippen LogP contribution in [-0.2, 0) is 38.6 Å². The summed E-state index contributed by atoms with van der Waals surface area (Å²) < 4.78 is 14.7. The molecule has 0 bridgehead atoms. The van der Waals surface area contributed by atoms with Gasteiger partial charge in [-0.25, -0.2) is 9.59 Å². The molecule has 0 aliphatic heterocycles. The van der Waals surface area contributed by atoms with E-state index < -0.39 is 11.7 Å². The molecule has 2 aromatic rings. The van der Waals surface area contributed by atoms with Crippen LogP contribution in [0.3, 0.4) is 0 Å². The number of hydrogen-bond acceptors (Lipinski definition) is 6. The van der Waals surface area contributed by atoms with Crippen molar-refractivity contribution in [1.82, 2.24) is 5.32 Å². The number of carbonyl (C=O) groups excluding carboxylic acids is 2. The number of benzene rings is 2. The molecule has 0 radical (unpaired) electrons. The van der Waals surface area contributed by atoms with Gasteiger partial charge >= 0.3 is 12.1 Å². The lowest BCUT2D eigenvalue weighted by atomic mass is 10.1. The molecule has 7 nitrogen and oxygen atoms in total. The molecular weight excluding hydrogens is 398 g/mol. The summed E-state index contributed by atoms with van der Waals surface area (Å²) in [4.78, 5) is 22.1. The molecular formula is C24H33NO6. The number of aryl methyl sites for hydroxylation is 1. The van der Waals surface area contributed by atoms with Crippen LogP contribution < -0.4 is 5.32 Å². The molecule has 0 spiro atoms. The molecule has 0 aliphatic rings. The van der Waals surface area contributed by atoms with Gasteiger partial charge < -0.3 is 24.6 Å². The van der Waals surface area contributed by atoms with Crippen molar-refractivity contribution in [3.8, 4) is 5.75 Å². The van der Waals surface area contributed by atoms with Crippen LogP contribution >= 0.6 is 0 Å². The van der Waals surface area contributed by atoms with E-state index in [9.17, 15) is 9.59 Å². The first kappa shape index (κ1) is 26.0. The third kappa shape index (κ3) is 12.3. The second-order valence-electron chi connectivity index (χ2n) is 7.76. The lowest BCUT2D eigenvalue weighted by molar-refractivity contribution is -0.146. The molecule has 0 atom stereocenters. The zero-order valence-electron chi connectivity index (χ0n) is 18.9. The van der Waals surface area contributed by atoms with E-state index in [0.717, 1.165) is 17.5 Å². The SMILES string of the molecule is CC(C)(C)OC(=O)NCc1ccc(O)cc1.CCc1ccc(COCC(=O)OC)cc1. The zero-order valence-corrected chi connectivity index (χ0v) is 18.9. The summed E-state index contributed by atoms with van der Waals surface area (Å²) in [7, 11) is 1.35. The smallest absolute Gasteiger partial charge is 0.407 e. The molecule has 7 heteroatoms. The topological polar surface area (TPSA) is 94.1 Å². The van der Waals surface area contributed by atoms with Crippen molar-refractivity contribution in [2.45, 2.75) is 52.9 Å². The molecule has 0 aliphatic carbocycles. The molecule has 2 aromatic carbocycles.